The van der Waals surface area contributed by atoms with Crippen LogP contribution in [0.1, 0.15) is 26.2 Å². The number of hydrogen-bond donors (Lipinski definition) is 2. The quantitative estimate of drug-likeness (QED) is 0.595. The molecule has 0 aromatic heterocycles. The van der Waals surface area contributed by atoms with Crippen LogP contribution in [0, 0.1) is 0 Å². The summed E-state index contributed by atoms with van der Waals surface area (Å²) in [5.74, 6) is 4.71. The van der Waals surface area contributed by atoms with E-state index in [0.29, 0.717) is 4.75 Å². The molecule has 0 aromatic rings. The number of hydrogen-bond acceptors (Lipinski definition) is 4. The number of nitrogens with zero attached hydrogens (tertiary/aromatic N) is 2. The fourth-order valence-electron chi connectivity index (χ4n) is 2.96. The summed E-state index contributed by atoms with van der Waals surface area (Å²) >= 11 is 4.14. The van der Waals surface area contributed by atoms with Gasteiger partial charge in [0.05, 0.1) is 0 Å². The Labute approximate surface area is 138 Å². The zero-order chi connectivity index (χ0) is 15.3. The van der Waals surface area contributed by atoms with Crippen LogP contribution in [0.2, 0.25) is 0 Å². The summed E-state index contributed by atoms with van der Waals surface area (Å²) in [6.45, 7) is 4.33. The molecule has 2 N–H and O–H groups in total. The standard InChI is InChI=1S/C15H30N4S2/c1-14(6-5-8-21-14)10-17-13(16-2)18-11-15(19(3)4)7-9-20-12-15/h5-12H2,1-4H3,(H2,16,17,18). The van der Waals surface area contributed by atoms with E-state index in [-0.39, 0.29) is 5.54 Å². The van der Waals surface area contributed by atoms with Crippen molar-refractivity contribution in [1.82, 2.24) is 15.5 Å². The Morgan fingerprint density at radius 1 is 1.19 bits per heavy atom. The molecule has 0 aromatic carbocycles. The van der Waals surface area contributed by atoms with Gasteiger partial charge in [-0.25, -0.2) is 0 Å². The fourth-order valence-corrected chi connectivity index (χ4v) is 5.76. The maximum atomic E-state index is 4.39. The molecule has 0 amide bonds. The molecule has 6 heteroatoms. The molecule has 0 saturated carbocycles. The van der Waals surface area contributed by atoms with Crippen LogP contribution < -0.4 is 10.6 Å². The van der Waals surface area contributed by atoms with E-state index >= 15 is 0 Å². The van der Waals surface area contributed by atoms with Crippen LogP contribution >= 0.6 is 23.5 Å². The van der Waals surface area contributed by atoms with Gasteiger partial charge in [0.15, 0.2) is 5.96 Å². The molecule has 2 fully saturated rings. The van der Waals surface area contributed by atoms with Gasteiger partial charge in [0.25, 0.3) is 0 Å². The summed E-state index contributed by atoms with van der Waals surface area (Å²) in [7, 11) is 6.26. The first-order chi connectivity index (χ1) is 10.00. The topological polar surface area (TPSA) is 39.7 Å². The molecule has 2 heterocycles. The van der Waals surface area contributed by atoms with Gasteiger partial charge in [0, 0.05) is 36.2 Å². The van der Waals surface area contributed by atoms with Gasteiger partial charge in [-0.15, -0.1) is 0 Å². The first kappa shape index (κ1) is 17.3. The minimum atomic E-state index is 0.272. The highest BCUT2D eigenvalue weighted by Gasteiger charge is 2.36. The molecule has 2 aliphatic rings. The molecule has 0 aliphatic carbocycles. The van der Waals surface area contributed by atoms with Gasteiger partial charge < -0.3 is 15.5 Å². The third-order valence-corrected chi connectivity index (χ3v) is 7.54. The van der Waals surface area contributed by atoms with Crippen molar-refractivity contribution < 1.29 is 0 Å². The third-order valence-electron chi connectivity index (χ3n) is 4.77. The molecule has 4 nitrogen and oxygen atoms in total. The summed E-state index contributed by atoms with van der Waals surface area (Å²) in [6, 6.07) is 0. The first-order valence-corrected chi connectivity index (χ1v) is 9.97. The largest absolute Gasteiger partial charge is 0.355 e. The lowest BCUT2D eigenvalue weighted by Gasteiger charge is -2.36. The monoisotopic (exact) mass is 330 g/mol. The van der Waals surface area contributed by atoms with Crippen LogP contribution in [-0.2, 0) is 0 Å². The Hall–Kier alpha value is -0.0700. The molecule has 2 unspecified atom stereocenters. The van der Waals surface area contributed by atoms with E-state index in [1.807, 2.05) is 7.05 Å². The molecule has 0 radical (unpaired) electrons. The summed E-state index contributed by atoms with van der Waals surface area (Å²) in [5, 5.41) is 7.07. The second-order valence-electron chi connectivity index (χ2n) is 6.60. The minimum absolute atomic E-state index is 0.272. The fraction of sp³-hybridized carbons (Fsp3) is 0.933. The average Bonchev–Trinajstić information content (AvgIpc) is 3.09. The van der Waals surface area contributed by atoms with Crippen molar-refractivity contribution in [2.24, 2.45) is 4.99 Å². The maximum absolute atomic E-state index is 4.39. The van der Waals surface area contributed by atoms with E-state index in [4.69, 9.17) is 0 Å². The summed E-state index contributed by atoms with van der Waals surface area (Å²) in [6.07, 6.45) is 3.90. The number of aliphatic imine (C=N–C) groups is 1. The minimum Gasteiger partial charge on any atom is -0.355 e. The van der Waals surface area contributed by atoms with Gasteiger partial charge in [-0.1, -0.05) is 0 Å². The van der Waals surface area contributed by atoms with Gasteiger partial charge in [-0.05, 0) is 51.8 Å². The third kappa shape index (κ3) is 4.45. The smallest absolute Gasteiger partial charge is 0.191 e. The van der Waals surface area contributed by atoms with Crippen molar-refractivity contribution in [3.8, 4) is 0 Å². The van der Waals surface area contributed by atoms with Crippen molar-refractivity contribution in [2.45, 2.75) is 36.5 Å². The van der Waals surface area contributed by atoms with Crippen LogP contribution in [0.3, 0.4) is 0 Å². The SMILES string of the molecule is CN=C(NCC1(C)CCCS1)NCC1(N(C)C)CCSC1. The zero-order valence-electron chi connectivity index (χ0n) is 13.9. The Morgan fingerprint density at radius 2 is 1.95 bits per heavy atom. The second-order valence-corrected chi connectivity index (χ2v) is 9.39. The van der Waals surface area contributed by atoms with E-state index in [1.54, 1.807) is 0 Å². The predicted molar refractivity (Wildman–Crippen MR) is 97.8 cm³/mol. The van der Waals surface area contributed by atoms with E-state index in [0.717, 1.165) is 19.0 Å². The summed E-state index contributed by atoms with van der Waals surface area (Å²) in [4.78, 5) is 6.77. The molecule has 2 rings (SSSR count). The van der Waals surface area contributed by atoms with Gasteiger partial charge in [0.1, 0.15) is 0 Å². The lowest BCUT2D eigenvalue weighted by molar-refractivity contribution is 0.183. The van der Waals surface area contributed by atoms with E-state index in [2.05, 4.69) is 65.1 Å². The van der Waals surface area contributed by atoms with Crippen LogP contribution in [0.5, 0.6) is 0 Å². The molecule has 2 saturated heterocycles. The van der Waals surface area contributed by atoms with E-state index in [9.17, 15) is 0 Å². The Morgan fingerprint density at radius 3 is 2.48 bits per heavy atom. The molecule has 2 atom stereocenters. The molecular formula is C15H30N4S2. The highest BCUT2D eigenvalue weighted by molar-refractivity contribution is 8.00. The molecule has 0 spiro atoms. The first-order valence-electron chi connectivity index (χ1n) is 7.83. The number of rotatable bonds is 5. The van der Waals surface area contributed by atoms with Gasteiger partial charge in [0.2, 0.25) is 0 Å². The molecule has 2 aliphatic heterocycles. The van der Waals surface area contributed by atoms with Gasteiger partial charge in [-0.2, -0.15) is 23.5 Å². The Balaban J connectivity index is 1.82. The number of thioether (sulfide) groups is 2. The van der Waals surface area contributed by atoms with E-state index in [1.165, 1.54) is 36.5 Å². The highest BCUT2D eigenvalue weighted by Crippen LogP contribution is 2.37. The average molecular weight is 331 g/mol. The molecule has 122 valence electrons. The van der Waals surface area contributed by atoms with Crippen LogP contribution in [0.4, 0.5) is 0 Å². The molecular weight excluding hydrogens is 300 g/mol. The predicted octanol–water partition coefficient (Wildman–Crippen LogP) is 1.87. The van der Waals surface area contributed by atoms with Crippen LogP contribution in [-0.4, -0.2) is 72.6 Å². The van der Waals surface area contributed by atoms with Crippen molar-refractivity contribution in [3.63, 3.8) is 0 Å². The van der Waals surface area contributed by atoms with Gasteiger partial charge in [-0.3, -0.25) is 4.99 Å². The normalized spacial score (nSPS) is 33.7. The number of nitrogens with one attached hydrogen (secondary N) is 2. The lowest BCUT2D eigenvalue weighted by Crippen LogP contribution is -2.55. The second kappa shape index (κ2) is 7.47. The maximum Gasteiger partial charge on any atom is 0.191 e. The Kier molecular flexibility index (Phi) is 6.15. The Bertz CT molecular complexity index is 359. The molecule has 0 bridgehead atoms. The van der Waals surface area contributed by atoms with Crippen molar-refractivity contribution in [3.05, 3.63) is 0 Å². The zero-order valence-corrected chi connectivity index (χ0v) is 15.5. The van der Waals surface area contributed by atoms with Crippen molar-refractivity contribution in [2.75, 3.05) is 51.5 Å². The highest BCUT2D eigenvalue weighted by atomic mass is 32.2. The summed E-state index contributed by atoms with van der Waals surface area (Å²) in [5.41, 5.74) is 0.272. The van der Waals surface area contributed by atoms with Gasteiger partial charge >= 0.3 is 0 Å². The van der Waals surface area contributed by atoms with Crippen molar-refractivity contribution >= 4 is 29.5 Å². The molecule has 21 heavy (non-hydrogen) atoms. The van der Waals surface area contributed by atoms with Crippen LogP contribution in [0.25, 0.3) is 0 Å². The van der Waals surface area contributed by atoms with Crippen molar-refractivity contribution in [1.29, 1.82) is 0 Å². The number of guanidine groups is 1. The lowest BCUT2D eigenvalue weighted by atomic mass is 9.97. The van der Waals surface area contributed by atoms with E-state index < -0.39 is 0 Å². The number of likely N-dealkylation sites (N-methyl/N-ethyl adjacent to an activating group) is 1. The van der Waals surface area contributed by atoms with Crippen LogP contribution in [0.15, 0.2) is 4.99 Å². The summed E-state index contributed by atoms with van der Waals surface area (Å²) < 4.78 is 0.375.